The zero-order valence-corrected chi connectivity index (χ0v) is 12.4. The molecule has 1 atom stereocenters. The SMILES string of the molecule is Cc1nn(C(C)C)c(NC(C)CS(C)(=O)=O)c1N. The van der Waals surface area contributed by atoms with Crippen molar-refractivity contribution >= 4 is 21.3 Å². The van der Waals surface area contributed by atoms with Crippen LogP contribution in [0.15, 0.2) is 0 Å². The molecule has 1 aromatic rings. The quantitative estimate of drug-likeness (QED) is 0.842. The van der Waals surface area contributed by atoms with Crippen LogP contribution in [0.3, 0.4) is 0 Å². The predicted octanol–water partition coefficient (Wildman–Crippen LogP) is 1.20. The van der Waals surface area contributed by atoms with Gasteiger partial charge in [0.15, 0.2) is 0 Å². The molecule has 0 amide bonds. The molecular formula is C11H22N4O2S. The van der Waals surface area contributed by atoms with Gasteiger partial charge in [-0.05, 0) is 27.7 Å². The highest BCUT2D eigenvalue weighted by atomic mass is 32.2. The molecule has 0 spiro atoms. The first-order valence-corrected chi connectivity index (χ1v) is 7.96. The van der Waals surface area contributed by atoms with E-state index in [1.165, 1.54) is 6.26 Å². The van der Waals surface area contributed by atoms with E-state index >= 15 is 0 Å². The molecule has 104 valence electrons. The molecule has 0 fully saturated rings. The van der Waals surface area contributed by atoms with Gasteiger partial charge in [-0.15, -0.1) is 0 Å². The highest BCUT2D eigenvalue weighted by Crippen LogP contribution is 2.26. The van der Waals surface area contributed by atoms with E-state index in [4.69, 9.17) is 5.73 Å². The fraction of sp³-hybridized carbons (Fsp3) is 0.727. The molecule has 1 aromatic heterocycles. The van der Waals surface area contributed by atoms with E-state index in [-0.39, 0.29) is 17.8 Å². The monoisotopic (exact) mass is 274 g/mol. The van der Waals surface area contributed by atoms with Gasteiger partial charge in [-0.25, -0.2) is 13.1 Å². The second-order valence-electron chi connectivity index (χ2n) is 5.02. The normalized spacial score (nSPS) is 13.9. The maximum Gasteiger partial charge on any atom is 0.149 e. The molecule has 0 aliphatic rings. The van der Waals surface area contributed by atoms with Crippen LogP contribution in [0, 0.1) is 6.92 Å². The maximum absolute atomic E-state index is 11.2. The van der Waals surface area contributed by atoms with Crippen molar-refractivity contribution in [2.45, 2.75) is 39.8 Å². The number of nitrogen functional groups attached to an aromatic ring is 1. The third-order valence-electron chi connectivity index (χ3n) is 2.56. The molecule has 1 heterocycles. The Morgan fingerprint density at radius 1 is 1.39 bits per heavy atom. The van der Waals surface area contributed by atoms with Crippen molar-refractivity contribution in [2.75, 3.05) is 23.1 Å². The van der Waals surface area contributed by atoms with Crippen LogP contribution in [0.5, 0.6) is 0 Å². The van der Waals surface area contributed by atoms with Crippen molar-refractivity contribution in [1.29, 1.82) is 0 Å². The van der Waals surface area contributed by atoms with E-state index in [0.717, 1.165) is 5.69 Å². The predicted molar refractivity (Wildman–Crippen MR) is 74.6 cm³/mol. The van der Waals surface area contributed by atoms with Crippen molar-refractivity contribution in [3.8, 4) is 0 Å². The van der Waals surface area contributed by atoms with E-state index in [1.807, 2.05) is 27.7 Å². The summed E-state index contributed by atoms with van der Waals surface area (Å²) in [5.74, 6) is 0.757. The van der Waals surface area contributed by atoms with Crippen molar-refractivity contribution in [2.24, 2.45) is 0 Å². The molecule has 18 heavy (non-hydrogen) atoms. The van der Waals surface area contributed by atoms with Crippen LogP contribution in [-0.4, -0.2) is 36.2 Å². The topological polar surface area (TPSA) is 90.0 Å². The molecule has 7 heteroatoms. The lowest BCUT2D eigenvalue weighted by Crippen LogP contribution is -2.27. The summed E-state index contributed by atoms with van der Waals surface area (Å²) in [7, 11) is -3.02. The summed E-state index contributed by atoms with van der Waals surface area (Å²) in [5.41, 5.74) is 7.28. The summed E-state index contributed by atoms with van der Waals surface area (Å²) in [5, 5.41) is 7.47. The lowest BCUT2D eigenvalue weighted by atomic mass is 10.3. The van der Waals surface area contributed by atoms with Crippen molar-refractivity contribution in [3.63, 3.8) is 0 Å². The van der Waals surface area contributed by atoms with E-state index in [0.29, 0.717) is 11.5 Å². The molecule has 6 nitrogen and oxygen atoms in total. The van der Waals surface area contributed by atoms with E-state index in [2.05, 4.69) is 10.4 Å². The summed E-state index contributed by atoms with van der Waals surface area (Å²) in [6, 6.07) is -0.0511. The Morgan fingerprint density at radius 3 is 2.39 bits per heavy atom. The van der Waals surface area contributed by atoms with Crippen LogP contribution >= 0.6 is 0 Å². The van der Waals surface area contributed by atoms with Crippen molar-refractivity contribution in [1.82, 2.24) is 9.78 Å². The minimum Gasteiger partial charge on any atom is -0.394 e. The molecule has 0 aromatic carbocycles. The molecule has 0 bridgehead atoms. The lowest BCUT2D eigenvalue weighted by Gasteiger charge is -2.18. The van der Waals surface area contributed by atoms with E-state index < -0.39 is 9.84 Å². The Balaban J connectivity index is 2.96. The van der Waals surface area contributed by atoms with Crippen LogP contribution < -0.4 is 11.1 Å². The van der Waals surface area contributed by atoms with Gasteiger partial charge in [-0.2, -0.15) is 5.10 Å². The van der Waals surface area contributed by atoms with Crippen molar-refractivity contribution < 1.29 is 8.42 Å². The second kappa shape index (κ2) is 5.17. The molecule has 0 saturated heterocycles. The molecule has 0 radical (unpaired) electrons. The third kappa shape index (κ3) is 3.63. The van der Waals surface area contributed by atoms with Gasteiger partial charge in [0.1, 0.15) is 15.7 Å². The van der Waals surface area contributed by atoms with E-state index in [9.17, 15) is 8.42 Å². The first-order chi connectivity index (χ1) is 8.11. The number of anilines is 2. The van der Waals surface area contributed by atoms with Gasteiger partial charge in [0.25, 0.3) is 0 Å². The number of rotatable bonds is 5. The Bertz CT molecular complexity index is 519. The van der Waals surface area contributed by atoms with Crippen LogP contribution in [0.4, 0.5) is 11.5 Å². The summed E-state index contributed by atoms with van der Waals surface area (Å²) < 4.78 is 24.3. The Kier molecular flexibility index (Phi) is 4.26. The van der Waals surface area contributed by atoms with Gasteiger partial charge in [0.05, 0.1) is 17.1 Å². The van der Waals surface area contributed by atoms with E-state index in [1.54, 1.807) is 4.68 Å². The largest absolute Gasteiger partial charge is 0.394 e. The highest BCUT2D eigenvalue weighted by Gasteiger charge is 2.18. The number of aryl methyl sites for hydroxylation is 1. The van der Waals surface area contributed by atoms with Gasteiger partial charge in [0.2, 0.25) is 0 Å². The fourth-order valence-electron chi connectivity index (χ4n) is 1.81. The summed E-state index contributed by atoms with van der Waals surface area (Å²) in [6.45, 7) is 7.64. The first-order valence-electron chi connectivity index (χ1n) is 5.90. The number of nitrogens with one attached hydrogen (secondary N) is 1. The van der Waals surface area contributed by atoms with Crippen LogP contribution in [0.2, 0.25) is 0 Å². The minimum absolute atomic E-state index is 0.0642. The van der Waals surface area contributed by atoms with Crippen LogP contribution in [0.1, 0.15) is 32.5 Å². The number of nitrogens with two attached hydrogens (primary N) is 1. The highest BCUT2D eigenvalue weighted by molar-refractivity contribution is 7.90. The van der Waals surface area contributed by atoms with Crippen molar-refractivity contribution in [3.05, 3.63) is 5.69 Å². The molecule has 3 N–H and O–H groups in total. The number of hydrogen-bond donors (Lipinski definition) is 2. The molecule has 0 aliphatic heterocycles. The number of nitrogens with zero attached hydrogens (tertiary/aromatic N) is 2. The molecular weight excluding hydrogens is 252 g/mol. The average molecular weight is 274 g/mol. The molecule has 0 aliphatic carbocycles. The average Bonchev–Trinajstić information content (AvgIpc) is 2.43. The van der Waals surface area contributed by atoms with Crippen LogP contribution in [-0.2, 0) is 9.84 Å². The summed E-state index contributed by atoms with van der Waals surface area (Å²) >= 11 is 0. The number of sulfone groups is 1. The zero-order chi connectivity index (χ0) is 14.1. The Labute approximate surface area is 108 Å². The van der Waals surface area contributed by atoms with Gasteiger partial charge >= 0.3 is 0 Å². The van der Waals surface area contributed by atoms with Gasteiger partial charge in [-0.3, -0.25) is 0 Å². The first kappa shape index (κ1) is 14.8. The Morgan fingerprint density at radius 2 is 1.94 bits per heavy atom. The maximum atomic E-state index is 11.2. The number of hydrogen-bond acceptors (Lipinski definition) is 5. The molecule has 0 saturated carbocycles. The Hall–Kier alpha value is -1.24. The van der Waals surface area contributed by atoms with Gasteiger partial charge < -0.3 is 11.1 Å². The van der Waals surface area contributed by atoms with Gasteiger partial charge in [0, 0.05) is 18.3 Å². The third-order valence-corrected chi connectivity index (χ3v) is 3.66. The molecule has 1 rings (SSSR count). The number of aromatic nitrogens is 2. The fourth-order valence-corrected chi connectivity index (χ4v) is 2.80. The lowest BCUT2D eigenvalue weighted by molar-refractivity contribution is 0.532. The second-order valence-corrected chi connectivity index (χ2v) is 7.21. The van der Waals surface area contributed by atoms with Crippen LogP contribution in [0.25, 0.3) is 0 Å². The minimum atomic E-state index is -3.02. The zero-order valence-electron chi connectivity index (χ0n) is 11.6. The summed E-state index contributed by atoms with van der Waals surface area (Å²) in [6.07, 6.45) is 1.22. The smallest absolute Gasteiger partial charge is 0.149 e. The molecule has 1 unspecified atom stereocenters. The van der Waals surface area contributed by atoms with Gasteiger partial charge in [-0.1, -0.05) is 0 Å². The summed E-state index contributed by atoms with van der Waals surface area (Å²) in [4.78, 5) is 0. The standard InChI is InChI=1S/C11H22N4O2S/c1-7(2)15-11(10(12)9(4)14-15)13-8(3)6-18(5,16)17/h7-8,13H,6,12H2,1-5H3.